The third-order valence-corrected chi connectivity index (χ3v) is 4.74. The molecule has 1 nitrogen and oxygen atoms in total. The molecule has 28 heavy (non-hydrogen) atoms. The van der Waals surface area contributed by atoms with E-state index >= 15 is 0 Å². The van der Waals surface area contributed by atoms with E-state index in [4.69, 9.17) is 17.6 Å². The van der Waals surface area contributed by atoms with Crippen molar-refractivity contribution >= 4 is 10.8 Å². The molecule has 0 saturated carbocycles. The topological polar surface area (TPSA) is 9.23 Å². The Hall–Kier alpha value is -3.60. The van der Waals surface area contributed by atoms with Crippen LogP contribution >= 0.6 is 0 Å². The Bertz CT molecular complexity index is 1130. The summed E-state index contributed by atoms with van der Waals surface area (Å²) >= 11 is 0. The number of aryl methyl sites for hydroxylation is 2. The van der Waals surface area contributed by atoms with E-state index in [9.17, 15) is 0 Å². The summed E-state index contributed by atoms with van der Waals surface area (Å²) in [6.45, 7) is 0. The molecule has 0 aliphatic carbocycles. The zero-order valence-corrected chi connectivity index (χ0v) is 16.1. The minimum Gasteiger partial charge on any atom is -0.495 e. The van der Waals surface area contributed by atoms with E-state index in [1.165, 1.54) is 10.9 Å². The Morgan fingerprint density at radius 2 is 1.43 bits per heavy atom. The fourth-order valence-electron chi connectivity index (χ4n) is 3.31. The highest BCUT2D eigenvalue weighted by Crippen LogP contribution is 2.25. The Kier molecular flexibility index (Phi) is 6.41. The van der Waals surface area contributed by atoms with Gasteiger partial charge in [-0.3, -0.25) is 0 Å². The van der Waals surface area contributed by atoms with E-state index in [2.05, 4.69) is 54.0 Å². The quantitative estimate of drug-likeness (QED) is 0.554. The van der Waals surface area contributed by atoms with Crippen molar-refractivity contribution in [2.45, 2.75) is 25.7 Å². The monoisotopic (exact) mass is 362 g/mol. The fraction of sp³-hybridized carbons (Fsp3) is 0.185. The SMILES string of the molecule is C#CCCc1cccc(OC)c1C#Cc1c(CCC#C)ccc2ccccc12. The Labute approximate surface area is 167 Å². The molecule has 0 heterocycles. The van der Waals surface area contributed by atoms with Crippen LogP contribution in [0.1, 0.15) is 35.1 Å². The second-order valence-electron chi connectivity index (χ2n) is 6.47. The molecule has 0 saturated heterocycles. The molecule has 0 spiro atoms. The first-order chi connectivity index (χ1) is 13.8. The van der Waals surface area contributed by atoms with Crippen molar-refractivity contribution in [3.05, 3.63) is 76.9 Å². The molecule has 136 valence electrons. The predicted molar refractivity (Wildman–Crippen MR) is 117 cm³/mol. The summed E-state index contributed by atoms with van der Waals surface area (Å²) in [7, 11) is 1.67. The van der Waals surface area contributed by atoms with Crippen molar-refractivity contribution in [1.82, 2.24) is 0 Å². The molecule has 0 N–H and O–H groups in total. The Balaban J connectivity index is 2.16. The molecule has 0 aliphatic rings. The average molecular weight is 362 g/mol. The lowest BCUT2D eigenvalue weighted by Crippen LogP contribution is -1.96. The van der Waals surface area contributed by atoms with E-state index < -0.39 is 0 Å². The zero-order valence-electron chi connectivity index (χ0n) is 16.1. The highest BCUT2D eigenvalue weighted by atomic mass is 16.5. The third-order valence-electron chi connectivity index (χ3n) is 4.74. The largest absolute Gasteiger partial charge is 0.495 e. The van der Waals surface area contributed by atoms with Gasteiger partial charge in [0.2, 0.25) is 0 Å². The van der Waals surface area contributed by atoms with E-state index in [0.717, 1.165) is 40.7 Å². The summed E-state index contributed by atoms with van der Waals surface area (Å²) < 4.78 is 5.56. The maximum absolute atomic E-state index is 5.56. The molecule has 0 aromatic heterocycles. The lowest BCUT2D eigenvalue weighted by molar-refractivity contribution is 0.413. The lowest BCUT2D eigenvalue weighted by Gasteiger charge is -2.10. The number of benzene rings is 3. The summed E-state index contributed by atoms with van der Waals surface area (Å²) in [4.78, 5) is 0. The van der Waals surface area contributed by atoms with Gasteiger partial charge in [-0.1, -0.05) is 60.4 Å². The summed E-state index contributed by atoms with van der Waals surface area (Å²) in [6, 6.07) is 18.5. The van der Waals surface area contributed by atoms with Crippen LogP contribution in [0.2, 0.25) is 0 Å². The van der Waals surface area contributed by atoms with E-state index in [-0.39, 0.29) is 0 Å². The van der Waals surface area contributed by atoms with Gasteiger partial charge in [0, 0.05) is 18.4 Å². The van der Waals surface area contributed by atoms with Crippen LogP contribution in [0.15, 0.2) is 54.6 Å². The molecule has 0 bridgehead atoms. The van der Waals surface area contributed by atoms with E-state index in [1.807, 2.05) is 24.3 Å². The molecule has 3 aromatic carbocycles. The number of terminal acetylenes is 2. The summed E-state index contributed by atoms with van der Waals surface area (Å²) in [6.07, 6.45) is 13.9. The van der Waals surface area contributed by atoms with Gasteiger partial charge in [0.05, 0.1) is 12.7 Å². The van der Waals surface area contributed by atoms with Crippen molar-refractivity contribution in [2.75, 3.05) is 7.11 Å². The van der Waals surface area contributed by atoms with Crippen molar-refractivity contribution in [3.63, 3.8) is 0 Å². The summed E-state index contributed by atoms with van der Waals surface area (Å²) in [5.74, 6) is 13.0. The van der Waals surface area contributed by atoms with Crippen LogP contribution in [-0.4, -0.2) is 7.11 Å². The van der Waals surface area contributed by atoms with E-state index in [1.54, 1.807) is 7.11 Å². The molecule has 0 amide bonds. The van der Waals surface area contributed by atoms with Gasteiger partial charge in [-0.25, -0.2) is 0 Å². The van der Waals surface area contributed by atoms with Crippen LogP contribution in [0.4, 0.5) is 0 Å². The fourth-order valence-corrected chi connectivity index (χ4v) is 3.31. The molecule has 3 rings (SSSR count). The first-order valence-corrected chi connectivity index (χ1v) is 9.34. The Morgan fingerprint density at radius 3 is 2.14 bits per heavy atom. The molecule has 0 radical (unpaired) electrons. The first kappa shape index (κ1) is 19.2. The second kappa shape index (κ2) is 9.37. The number of methoxy groups -OCH3 is 1. The van der Waals surface area contributed by atoms with Crippen molar-refractivity contribution in [1.29, 1.82) is 0 Å². The number of fused-ring (bicyclic) bond motifs is 1. The molecular weight excluding hydrogens is 340 g/mol. The van der Waals surface area contributed by atoms with Gasteiger partial charge in [-0.05, 0) is 40.8 Å². The van der Waals surface area contributed by atoms with Gasteiger partial charge in [-0.2, -0.15) is 0 Å². The predicted octanol–water partition coefficient (Wildman–Crippen LogP) is 5.38. The minimum atomic E-state index is 0.670. The van der Waals surface area contributed by atoms with Crippen molar-refractivity contribution in [3.8, 4) is 42.3 Å². The van der Waals surface area contributed by atoms with Gasteiger partial charge in [0.25, 0.3) is 0 Å². The number of hydrogen-bond donors (Lipinski definition) is 0. The normalized spacial score (nSPS) is 9.82. The van der Waals surface area contributed by atoms with Gasteiger partial charge >= 0.3 is 0 Å². The molecule has 1 heteroatoms. The molecule has 0 aliphatic heterocycles. The van der Waals surface area contributed by atoms with E-state index in [0.29, 0.717) is 12.8 Å². The lowest BCUT2D eigenvalue weighted by atomic mass is 9.95. The highest BCUT2D eigenvalue weighted by molar-refractivity contribution is 5.89. The highest BCUT2D eigenvalue weighted by Gasteiger charge is 2.08. The van der Waals surface area contributed by atoms with Gasteiger partial charge < -0.3 is 4.74 Å². The second-order valence-corrected chi connectivity index (χ2v) is 6.47. The van der Waals surface area contributed by atoms with Gasteiger partial charge in [0.15, 0.2) is 0 Å². The van der Waals surface area contributed by atoms with Crippen LogP contribution in [0.5, 0.6) is 5.75 Å². The number of hydrogen-bond acceptors (Lipinski definition) is 1. The Morgan fingerprint density at radius 1 is 0.750 bits per heavy atom. The van der Waals surface area contributed by atoms with Crippen molar-refractivity contribution < 1.29 is 4.74 Å². The minimum absolute atomic E-state index is 0.670. The third kappa shape index (κ3) is 4.20. The van der Waals surface area contributed by atoms with Crippen LogP contribution in [0.3, 0.4) is 0 Å². The molecule has 3 aromatic rings. The number of rotatable bonds is 5. The zero-order chi connectivity index (χ0) is 19.8. The van der Waals surface area contributed by atoms with Crippen LogP contribution in [-0.2, 0) is 12.8 Å². The van der Waals surface area contributed by atoms with Crippen LogP contribution < -0.4 is 4.74 Å². The number of ether oxygens (including phenoxy) is 1. The molecular formula is C27H22O. The first-order valence-electron chi connectivity index (χ1n) is 9.34. The van der Waals surface area contributed by atoms with Crippen LogP contribution in [0.25, 0.3) is 10.8 Å². The standard InChI is InChI=1S/C27H22O/c1-4-6-11-21-14-10-16-27(28-3)26(21)20-19-25-22(12-7-5-2)17-18-23-13-8-9-15-24(23)25/h1-2,8-10,13-18H,6-7,11-12H2,3H3. The summed E-state index contributed by atoms with van der Waals surface area (Å²) in [5, 5.41) is 2.31. The van der Waals surface area contributed by atoms with Crippen molar-refractivity contribution in [2.24, 2.45) is 0 Å². The summed E-state index contributed by atoms with van der Waals surface area (Å²) in [5.41, 5.74) is 4.21. The average Bonchev–Trinajstić information content (AvgIpc) is 2.75. The molecule has 0 fully saturated rings. The molecule has 0 atom stereocenters. The maximum Gasteiger partial charge on any atom is 0.134 e. The van der Waals surface area contributed by atoms with Gasteiger partial charge in [0.1, 0.15) is 5.75 Å². The smallest absolute Gasteiger partial charge is 0.134 e. The van der Waals surface area contributed by atoms with Crippen LogP contribution in [0, 0.1) is 36.5 Å². The molecule has 0 unspecified atom stereocenters. The van der Waals surface area contributed by atoms with Gasteiger partial charge in [-0.15, -0.1) is 24.7 Å². The maximum atomic E-state index is 5.56.